The van der Waals surface area contributed by atoms with Crippen LogP contribution in [-0.4, -0.2) is 41.1 Å². The molecule has 2 aromatic heterocycles. The average Bonchev–Trinajstić information content (AvgIpc) is 3.47. The Bertz CT molecular complexity index is 1480. The number of nitrogens with zero attached hydrogens (tertiary/aromatic N) is 3. The third-order valence-electron chi connectivity index (χ3n) is 7.39. The van der Waals surface area contributed by atoms with E-state index >= 15 is 0 Å². The SMILES string of the molecule is COc1ccc([C@H]2c3cccn3-c3sc4c(c3CN2C(=O)Nc2cc(Cl)ccc2C)CCN(C)C4)cc1. The van der Waals surface area contributed by atoms with E-state index in [1.165, 1.54) is 21.0 Å². The number of ether oxygens (including phenoxy) is 1. The minimum Gasteiger partial charge on any atom is -0.497 e. The van der Waals surface area contributed by atoms with Gasteiger partial charge in [0.05, 0.1) is 25.4 Å². The molecule has 0 spiro atoms. The summed E-state index contributed by atoms with van der Waals surface area (Å²) in [6.07, 6.45) is 3.11. The molecule has 37 heavy (non-hydrogen) atoms. The van der Waals surface area contributed by atoms with Crippen molar-refractivity contribution in [2.75, 3.05) is 26.0 Å². The fourth-order valence-corrected chi connectivity index (χ4v) is 7.02. The number of urea groups is 1. The highest BCUT2D eigenvalue weighted by atomic mass is 35.5. The van der Waals surface area contributed by atoms with Crippen molar-refractivity contribution >= 4 is 34.7 Å². The van der Waals surface area contributed by atoms with E-state index in [1.807, 2.05) is 53.5 Å². The standard InChI is InChI=1S/C29H29ClN4O2S/c1-18-6-9-20(30)15-24(18)31-29(35)34-16-23-22-12-14-32(2)17-26(22)37-28(23)33-13-4-5-25(33)27(34)19-7-10-21(36-3)11-8-19/h4-11,13,15,27H,12,14,16-17H2,1-3H3,(H,31,35)/t27-/m0/s1. The first-order valence-corrected chi connectivity index (χ1v) is 13.6. The first-order valence-electron chi connectivity index (χ1n) is 12.4. The lowest BCUT2D eigenvalue weighted by Gasteiger charge is -2.32. The summed E-state index contributed by atoms with van der Waals surface area (Å²) in [5.74, 6) is 0.788. The summed E-state index contributed by atoms with van der Waals surface area (Å²) in [7, 11) is 3.83. The summed E-state index contributed by atoms with van der Waals surface area (Å²) in [6, 6.07) is 17.4. The van der Waals surface area contributed by atoms with Gasteiger partial charge in [0.25, 0.3) is 0 Å². The van der Waals surface area contributed by atoms with Gasteiger partial charge < -0.3 is 24.4 Å². The largest absolute Gasteiger partial charge is 0.497 e. The van der Waals surface area contributed by atoms with Crippen LogP contribution >= 0.6 is 22.9 Å². The molecule has 190 valence electrons. The number of amides is 2. The lowest BCUT2D eigenvalue weighted by molar-refractivity contribution is 0.194. The van der Waals surface area contributed by atoms with Crippen LogP contribution < -0.4 is 10.1 Å². The first-order chi connectivity index (χ1) is 17.9. The number of carbonyl (C=O) groups is 1. The zero-order valence-electron chi connectivity index (χ0n) is 21.1. The Kier molecular flexibility index (Phi) is 6.23. The maximum absolute atomic E-state index is 14.1. The quantitative estimate of drug-likeness (QED) is 0.322. The van der Waals surface area contributed by atoms with Crippen LogP contribution in [0.3, 0.4) is 0 Å². The average molecular weight is 533 g/mol. The van der Waals surface area contributed by atoms with Crippen LogP contribution in [0.2, 0.25) is 5.02 Å². The van der Waals surface area contributed by atoms with E-state index < -0.39 is 0 Å². The Labute approximate surface area is 226 Å². The zero-order chi connectivity index (χ0) is 25.7. The summed E-state index contributed by atoms with van der Waals surface area (Å²) in [6.45, 7) is 4.46. The second kappa shape index (κ2) is 9.56. The van der Waals surface area contributed by atoms with Gasteiger partial charge in [-0.25, -0.2) is 4.79 Å². The number of benzene rings is 2. The monoisotopic (exact) mass is 532 g/mol. The molecule has 0 fully saturated rings. The molecule has 4 heterocycles. The van der Waals surface area contributed by atoms with Crippen molar-refractivity contribution in [1.82, 2.24) is 14.4 Å². The van der Waals surface area contributed by atoms with Gasteiger partial charge in [-0.1, -0.05) is 29.8 Å². The number of hydrogen-bond donors (Lipinski definition) is 1. The summed E-state index contributed by atoms with van der Waals surface area (Å²) in [5, 5.41) is 4.98. The molecule has 0 bridgehead atoms. The molecule has 6 nitrogen and oxygen atoms in total. The van der Waals surface area contributed by atoms with E-state index in [-0.39, 0.29) is 12.1 Å². The summed E-state index contributed by atoms with van der Waals surface area (Å²) in [4.78, 5) is 19.8. The molecule has 8 heteroatoms. The molecule has 2 aromatic carbocycles. The Balaban J connectivity index is 1.49. The fourth-order valence-electron chi connectivity index (χ4n) is 5.40. The second-order valence-electron chi connectivity index (χ2n) is 9.77. The van der Waals surface area contributed by atoms with Crippen LogP contribution in [0.15, 0.2) is 60.8 Å². The molecule has 0 saturated carbocycles. The topological polar surface area (TPSA) is 49.7 Å². The van der Waals surface area contributed by atoms with Crippen LogP contribution in [0.25, 0.3) is 5.00 Å². The van der Waals surface area contributed by atoms with Gasteiger partial charge in [-0.2, -0.15) is 0 Å². The third-order valence-corrected chi connectivity index (χ3v) is 8.88. The number of fused-ring (bicyclic) bond motifs is 5. The van der Waals surface area contributed by atoms with Crippen molar-refractivity contribution in [3.63, 3.8) is 0 Å². The van der Waals surface area contributed by atoms with E-state index in [1.54, 1.807) is 7.11 Å². The van der Waals surface area contributed by atoms with Crippen LogP contribution in [0.4, 0.5) is 10.5 Å². The third kappa shape index (κ3) is 4.31. The predicted molar refractivity (Wildman–Crippen MR) is 149 cm³/mol. The van der Waals surface area contributed by atoms with Crippen LogP contribution in [0.1, 0.15) is 38.9 Å². The number of carbonyl (C=O) groups excluding carboxylic acids is 1. The van der Waals surface area contributed by atoms with Gasteiger partial charge >= 0.3 is 6.03 Å². The van der Waals surface area contributed by atoms with Gasteiger partial charge in [0.1, 0.15) is 10.8 Å². The van der Waals surface area contributed by atoms with Crippen molar-refractivity contribution in [1.29, 1.82) is 0 Å². The van der Waals surface area contributed by atoms with Crippen molar-refractivity contribution in [2.24, 2.45) is 0 Å². The minimum absolute atomic E-state index is 0.153. The molecule has 0 radical (unpaired) electrons. The normalized spacial score (nSPS) is 17.0. The number of aromatic nitrogens is 1. The Hall–Kier alpha value is -3.26. The molecule has 1 atom stereocenters. The number of halogens is 1. The highest BCUT2D eigenvalue weighted by Crippen LogP contribution is 2.43. The molecular formula is C29H29ClN4O2S. The maximum Gasteiger partial charge on any atom is 0.322 e. The van der Waals surface area contributed by atoms with Crippen molar-refractivity contribution in [3.05, 3.63) is 98.6 Å². The van der Waals surface area contributed by atoms with Gasteiger partial charge in [-0.3, -0.25) is 0 Å². The summed E-state index contributed by atoms with van der Waals surface area (Å²) >= 11 is 8.13. The van der Waals surface area contributed by atoms with Gasteiger partial charge in [-0.15, -0.1) is 11.3 Å². The maximum atomic E-state index is 14.1. The summed E-state index contributed by atoms with van der Waals surface area (Å²) in [5.41, 5.74) is 6.43. The molecule has 6 rings (SSSR count). The first kappa shape index (κ1) is 24.1. The second-order valence-corrected chi connectivity index (χ2v) is 11.3. The number of thiophene rings is 1. The highest BCUT2D eigenvalue weighted by Gasteiger charge is 2.36. The summed E-state index contributed by atoms with van der Waals surface area (Å²) < 4.78 is 7.69. The molecule has 0 unspecified atom stereocenters. The van der Waals surface area contributed by atoms with E-state index in [2.05, 4.69) is 52.3 Å². The van der Waals surface area contributed by atoms with Crippen LogP contribution in [0, 0.1) is 6.92 Å². The van der Waals surface area contributed by atoms with Crippen molar-refractivity contribution in [2.45, 2.75) is 32.5 Å². The minimum atomic E-state index is -0.276. The molecule has 2 aliphatic heterocycles. The molecule has 2 amide bonds. The molecule has 1 N–H and O–H groups in total. The smallest absolute Gasteiger partial charge is 0.322 e. The number of likely N-dealkylation sites (N-methyl/N-ethyl adjacent to an activating group) is 1. The Morgan fingerprint density at radius 2 is 1.92 bits per heavy atom. The van der Waals surface area contributed by atoms with Gasteiger partial charge in [0.15, 0.2) is 0 Å². The van der Waals surface area contributed by atoms with Crippen LogP contribution in [0.5, 0.6) is 5.75 Å². The number of aryl methyl sites for hydroxylation is 1. The fraction of sp³-hybridized carbons (Fsp3) is 0.276. The van der Waals surface area contributed by atoms with Crippen molar-refractivity contribution in [3.8, 4) is 10.8 Å². The van der Waals surface area contributed by atoms with Crippen LogP contribution in [-0.2, 0) is 19.5 Å². The predicted octanol–water partition coefficient (Wildman–Crippen LogP) is 6.63. The number of anilines is 1. The lowest BCUT2D eigenvalue weighted by Crippen LogP contribution is -2.38. The van der Waals surface area contributed by atoms with E-state index in [9.17, 15) is 4.79 Å². The number of rotatable bonds is 3. The van der Waals surface area contributed by atoms with Gasteiger partial charge in [0.2, 0.25) is 0 Å². The number of methoxy groups -OCH3 is 1. The van der Waals surface area contributed by atoms with E-state index in [0.29, 0.717) is 11.6 Å². The molecule has 0 aliphatic carbocycles. The zero-order valence-corrected chi connectivity index (χ0v) is 22.7. The Morgan fingerprint density at radius 1 is 1.11 bits per heavy atom. The molecule has 2 aliphatic rings. The highest BCUT2D eigenvalue weighted by molar-refractivity contribution is 7.15. The van der Waals surface area contributed by atoms with Gasteiger partial charge in [-0.05, 0) is 73.5 Å². The number of hydrogen-bond acceptors (Lipinski definition) is 4. The van der Waals surface area contributed by atoms with E-state index in [4.69, 9.17) is 16.3 Å². The lowest BCUT2D eigenvalue weighted by atomic mass is 10.00. The van der Waals surface area contributed by atoms with E-state index in [0.717, 1.165) is 47.8 Å². The molecule has 4 aromatic rings. The van der Waals surface area contributed by atoms with Gasteiger partial charge in [0, 0.05) is 40.4 Å². The Morgan fingerprint density at radius 3 is 2.70 bits per heavy atom. The molecule has 0 saturated heterocycles. The van der Waals surface area contributed by atoms with Crippen molar-refractivity contribution < 1.29 is 9.53 Å². The number of nitrogens with one attached hydrogen (secondary N) is 1. The molecular weight excluding hydrogens is 504 g/mol.